The van der Waals surface area contributed by atoms with Gasteiger partial charge < -0.3 is 4.74 Å². The van der Waals surface area contributed by atoms with E-state index in [1.54, 1.807) is 18.2 Å². The van der Waals surface area contributed by atoms with Crippen molar-refractivity contribution in [3.8, 4) is 5.75 Å². The molecule has 0 aliphatic carbocycles. The highest BCUT2D eigenvalue weighted by Crippen LogP contribution is 2.21. The molecule has 21 heavy (non-hydrogen) atoms. The predicted octanol–water partition coefficient (Wildman–Crippen LogP) is 3.77. The topological polar surface area (TPSA) is 69.4 Å². The van der Waals surface area contributed by atoms with E-state index < -0.39 is 10.9 Å². The summed E-state index contributed by atoms with van der Waals surface area (Å²) in [6, 6.07) is 12.9. The molecule has 0 saturated heterocycles. The van der Waals surface area contributed by atoms with Crippen molar-refractivity contribution in [2.45, 2.75) is 19.8 Å². The maximum atomic E-state index is 12.0. The Kier molecular flexibility index (Phi) is 4.66. The molecule has 0 aliphatic rings. The molecule has 2 rings (SSSR count). The Morgan fingerprint density at radius 3 is 2.43 bits per heavy atom. The molecule has 0 aromatic heterocycles. The van der Waals surface area contributed by atoms with Crippen molar-refractivity contribution >= 4 is 11.7 Å². The molecule has 0 radical (unpaired) electrons. The molecule has 0 aliphatic heterocycles. The van der Waals surface area contributed by atoms with Crippen LogP contribution in [0.4, 0.5) is 5.69 Å². The molecule has 5 nitrogen and oxygen atoms in total. The third-order valence-electron chi connectivity index (χ3n) is 2.99. The molecule has 0 heterocycles. The first-order valence-electron chi connectivity index (χ1n) is 6.66. The van der Waals surface area contributed by atoms with Crippen LogP contribution in [0, 0.1) is 10.1 Å². The van der Waals surface area contributed by atoms with Gasteiger partial charge in [-0.25, -0.2) is 4.79 Å². The zero-order chi connectivity index (χ0) is 15.2. The molecule has 0 bridgehead atoms. The van der Waals surface area contributed by atoms with Gasteiger partial charge in [-0.3, -0.25) is 10.1 Å². The zero-order valence-electron chi connectivity index (χ0n) is 11.6. The second kappa shape index (κ2) is 6.65. The van der Waals surface area contributed by atoms with Crippen LogP contribution in [0.1, 0.15) is 29.3 Å². The lowest BCUT2D eigenvalue weighted by atomic mass is 10.1. The highest BCUT2D eigenvalue weighted by molar-refractivity contribution is 5.95. The van der Waals surface area contributed by atoms with Crippen molar-refractivity contribution in [1.82, 2.24) is 0 Å². The first-order valence-corrected chi connectivity index (χ1v) is 6.66. The third kappa shape index (κ3) is 3.66. The number of carbonyl (C=O) groups is 1. The van der Waals surface area contributed by atoms with Crippen LogP contribution >= 0.6 is 0 Å². The van der Waals surface area contributed by atoms with E-state index in [9.17, 15) is 14.9 Å². The molecule has 2 aromatic carbocycles. The first kappa shape index (κ1) is 14.7. The molecule has 108 valence electrons. The lowest BCUT2D eigenvalue weighted by molar-refractivity contribution is -0.385. The quantitative estimate of drug-likeness (QED) is 0.363. The third-order valence-corrected chi connectivity index (χ3v) is 2.99. The first-order chi connectivity index (χ1) is 10.1. The predicted molar refractivity (Wildman–Crippen MR) is 78.5 cm³/mol. The van der Waals surface area contributed by atoms with Crippen LogP contribution in [0.3, 0.4) is 0 Å². The molecule has 0 N–H and O–H groups in total. The summed E-state index contributed by atoms with van der Waals surface area (Å²) in [6.45, 7) is 2.09. The summed E-state index contributed by atoms with van der Waals surface area (Å²) < 4.78 is 5.18. The van der Waals surface area contributed by atoms with Crippen molar-refractivity contribution in [2.24, 2.45) is 0 Å². The van der Waals surface area contributed by atoms with E-state index in [1.165, 1.54) is 18.2 Å². The highest BCUT2D eigenvalue weighted by Gasteiger charge is 2.20. The summed E-state index contributed by atoms with van der Waals surface area (Å²) in [6.07, 6.45) is 1.99. The van der Waals surface area contributed by atoms with Crippen molar-refractivity contribution in [1.29, 1.82) is 0 Å². The van der Waals surface area contributed by atoms with E-state index in [1.807, 2.05) is 12.1 Å². The number of nitro groups is 1. The standard InChI is InChI=1S/C16H15NO4/c1-2-5-12-8-10-13(11-9-12)21-16(18)14-6-3-4-7-15(14)17(19)20/h3-4,6-11H,2,5H2,1H3. The number of nitrogens with zero attached hydrogens (tertiary/aromatic N) is 1. The molecule has 0 atom stereocenters. The molecule has 0 unspecified atom stereocenters. The van der Waals surface area contributed by atoms with Crippen LogP contribution in [0.25, 0.3) is 0 Å². The van der Waals surface area contributed by atoms with E-state index in [-0.39, 0.29) is 11.3 Å². The maximum Gasteiger partial charge on any atom is 0.350 e. The lowest BCUT2D eigenvalue weighted by Crippen LogP contribution is -2.11. The normalized spacial score (nSPS) is 10.1. The highest BCUT2D eigenvalue weighted by atomic mass is 16.6. The molecule has 0 spiro atoms. The second-order valence-electron chi connectivity index (χ2n) is 4.56. The Bertz CT molecular complexity index is 650. The summed E-state index contributed by atoms with van der Waals surface area (Å²) in [5.41, 5.74) is 0.841. The average molecular weight is 285 g/mol. The molecule has 0 fully saturated rings. The van der Waals surface area contributed by atoms with Gasteiger partial charge in [0, 0.05) is 6.07 Å². The number of ether oxygens (including phenoxy) is 1. The van der Waals surface area contributed by atoms with Gasteiger partial charge in [-0.15, -0.1) is 0 Å². The van der Waals surface area contributed by atoms with Crippen molar-refractivity contribution in [2.75, 3.05) is 0 Å². The lowest BCUT2D eigenvalue weighted by Gasteiger charge is -2.06. The van der Waals surface area contributed by atoms with E-state index in [0.717, 1.165) is 18.4 Å². The van der Waals surface area contributed by atoms with Gasteiger partial charge in [0.1, 0.15) is 11.3 Å². The van der Waals surface area contributed by atoms with Gasteiger partial charge in [0.15, 0.2) is 0 Å². The Hall–Kier alpha value is -2.69. The molecule has 5 heteroatoms. The van der Waals surface area contributed by atoms with Gasteiger partial charge in [-0.05, 0) is 30.2 Å². The summed E-state index contributed by atoms with van der Waals surface area (Å²) in [5.74, 6) is -0.358. The van der Waals surface area contributed by atoms with E-state index >= 15 is 0 Å². The summed E-state index contributed by atoms with van der Waals surface area (Å²) in [5, 5.41) is 10.9. The Morgan fingerprint density at radius 2 is 1.81 bits per heavy atom. The number of hydrogen-bond acceptors (Lipinski definition) is 4. The fourth-order valence-electron chi connectivity index (χ4n) is 1.98. The fraction of sp³-hybridized carbons (Fsp3) is 0.188. The smallest absolute Gasteiger partial charge is 0.350 e. The van der Waals surface area contributed by atoms with Gasteiger partial charge >= 0.3 is 5.97 Å². The second-order valence-corrected chi connectivity index (χ2v) is 4.56. The fourth-order valence-corrected chi connectivity index (χ4v) is 1.98. The van der Waals surface area contributed by atoms with Crippen molar-refractivity contribution < 1.29 is 14.5 Å². The van der Waals surface area contributed by atoms with Crippen LogP contribution in [0.2, 0.25) is 0 Å². The van der Waals surface area contributed by atoms with E-state index in [4.69, 9.17) is 4.74 Å². The minimum Gasteiger partial charge on any atom is -0.423 e. The largest absolute Gasteiger partial charge is 0.423 e. The van der Waals surface area contributed by atoms with Crippen LogP contribution in [0.15, 0.2) is 48.5 Å². The number of rotatable bonds is 5. The summed E-state index contributed by atoms with van der Waals surface area (Å²) >= 11 is 0. The van der Waals surface area contributed by atoms with E-state index in [0.29, 0.717) is 5.75 Å². The molecule has 0 amide bonds. The number of carbonyl (C=O) groups excluding carboxylic acids is 1. The summed E-state index contributed by atoms with van der Waals surface area (Å²) in [7, 11) is 0. The minimum atomic E-state index is -0.731. The van der Waals surface area contributed by atoms with Gasteiger partial charge in [-0.2, -0.15) is 0 Å². The van der Waals surface area contributed by atoms with Gasteiger partial charge in [0.25, 0.3) is 5.69 Å². The summed E-state index contributed by atoms with van der Waals surface area (Å²) in [4.78, 5) is 22.3. The average Bonchev–Trinajstić information content (AvgIpc) is 2.49. The van der Waals surface area contributed by atoms with E-state index in [2.05, 4.69) is 6.92 Å². The number of benzene rings is 2. The van der Waals surface area contributed by atoms with Crippen LogP contribution in [0.5, 0.6) is 5.75 Å². The minimum absolute atomic E-state index is 0.0554. The number of para-hydroxylation sites is 1. The molecule has 0 saturated carbocycles. The Morgan fingerprint density at radius 1 is 1.14 bits per heavy atom. The zero-order valence-corrected chi connectivity index (χ0v) is 11.6. The molecule has 2 aromatic rings. The Balaban J connectivity index is 2.16. The van der Waals surface area contributed by atoms with Crippen molar-refractivity contribution in [3.05, 3.63) is 69.8 Å². The van der Waals surface area contributed by atoms with Crippen LogP contribution < -0.4 is 4.74 Å². The van der Waals surface area contributed by atoms with Crippen LogP contribution in [-0.4, -0.2) is 10.9 Å². The van der Waals surface area contributed by atoms with Gasteiger partial charge in [0.2, 0.25) is 0 Å². The van der Waals surface area contributed by atoms with Gasteiger partial charge in [0.05, 0.1) is 4.92 Å². The van der Waals surface area contributed by atoms with Crippen LogP contribution in [-0.2, 0) is 6.42 Å². The number of hydrogen-bond donors (Lipinski definition) is 0. The maximum absolute atomic E-state index is 12.0. The molecular formula is C16H15NO4. The number of aryl methyl sites for hydroxylation is 1. The molecular weight excluding hydrogens is 270 g/mol. The number of esters is 1. The number of nitro benzene ring substituents is 1. The van der Waals surface area contributed by atoms with Crippen molar-refractivity contribution in [3.63, 3.8) is 0 Å². The SMILES string of the molecule is CCCc1ccc(OC(=O)c2ccccc2[N+](=O)[O-])cc1. The monoisotopic (exact) mass is 285 g/mol. The van der Waals surface area contributed by atoms with Gasteiger partial charge in [-0.1, -0.05) is 37.6 Å². The Labute approximate surface area is 122 Å².